The highest BCUT2D eigenvalue weighted by Gasteiger charge is 2.17. The van der Waals surface area contributed by atoms with Crippen LogP contribution < -0.4 is 15.4 Å². The number of ether oxygens (including phenoxy) is 1. The lowest BCUT2D eigenvalue weighted by Gasteiger charge is -2.19. The Morgan fingerprint density at radius 2 is 2.00 bits per heavy atom. The molecule has 34 heavy (non-hydrogen) atoms. The SMILES string of the molecule is CCC(CNc1cc(-c2cnc(OC)c(Cl)c2)ncn1)c1cccc2c(C(=O)NC)ccnc12. The number of nitrogens with zero attached hydrogens (tertiary/aromatic N) is 4. The molecule has 1 unspecified atom stereocenters. The molecular weight excluding hydrogens is 452 g/mol. The minimum Gasteiger partial charge on any atom is -0.480 e. The fraction of sp³-hybridized carbons (Fsp3) is 0.240. The summed E-state index contributed by atoms with van der Waals surface area (Å²) in [6, 6.07) is 11.3. The quantitative estimate of drug-likeness (QED) is 0.379. The maximum atomic E-state index is 12.3. The van der Waals surface area contributed by atoms with Crippen molar-refractivity contribution in [1.29, 1.82) is 0 Å². The van der Waals surface area contributed by atoms with Gasteiger partial charge in [0.15, 0.2) is 0 Å². The zero-order valence-electron chi connectivity index (χ0n) is 19.2. The zero-order valence-corrected chi connectivity index (χ0v) is 19.9. The first-order chi connectivity index (χ1) is 16.5. The number of anilines is 1. The Balaban J connectivity index is 1.58. The highest BCUT2D eigenvalue weighted by atomic mass is 35.5. The second kappa shape index (κ2) is 10.4. The number of carbonyl (C=O) groups is 1. The summed E-state index contributed by atoms with van der Waals surface area (Å²) < 4.78 is 5.12. The predicted molar refractivity (Wildman–Crippen MR) is 133 cm³/mol. The minimum absolute atomic E-state index is 0.127. The van der Waals surface area contributed by atoms with Crippen LogP contribution in [0.3, 0.4) is 0 Å². The molecule has 2 N–H and O–H groups in total. The molecule has 0 spiro atoms. The molecular formula is C25H25ClN6O2. The standard InChI is InChI=1S/C25H25ClN6O2/c1-4-15(17-6-5-7-18-19(24(33)27-2)8-9-28-23(17)18)12-29-22-11-21(31-14-32-22)16-10-20(26)25(34-3)30-13-16/h5-11,13-15H,4,12H2,1-3H3,(H,27,33)(H,29,31,32). The molecule has 1 aromatic carbocycles. The van der Waals surface area contributed by atoms with Gasteiger partial charge in [0.2, 0.25) is 5.88 Å². The molecule has 9 heteroatoms. The Hall–Kier alpha value is -3.78. The van der Waals surface area contributed by atoms with Crippen LogP contribution in [-0.2, 0) is 0 Å². The van der Waals surface area contributed by atoms with E-state index in [1.165, 1.54) is 13.4 Å². The number of hydrogen-bond acceptors (Lipinski definition) is 7. The summed E-state index contributed by atoms with van der Waals surface area (Å²) >= 11 is 6.22. The van der Waals surface area contributed by atoms with Crippen molar-refractivity contribution in [3.63, 3.8) is 0 Å². The Kier molecular flexibility index (Phi) is 7.18. The summed E-state index contributed by atoms with van der Waals surface area (Å²) in [6.45, 7) is 2.77. The molecule has 0 aliphatic carbocycles. The molecule has 174 valence electrons. The van der Waals surface area contributed by atoms with Crippen LogP contribution in [0, 0.1) is 0 Å². The summed E-state index contributed by atoms with van der Waals surface area (Å²) in [5.74, 6) is 1.09. The number of benzene rings is 1. The van der Waals surface area contributed by atoms with Crippen LogP contribution in [0.25, 0.3) is 22.2 Å². The highest BCUT2D eigenvalue weighted by Crippen LogP contribution is 2.30. The second-order valence-corrected chi connectivity index (χ2v) is 8.08. The second-order valence-electron chi connectivity index (χ2n) is 7.67. The van der Waals surface area contributed by atoms with E-state index in [9.17, 15) is 4.79 Å². The molecule has 8 nitrogen and oxygen atoms in total. The predicted octanol–water partition coefficient (Wildman–Crippen LogP) is 4.71. The molecule has 0 bridgehead atoms. The van der Waals surface area contributed by atoms with Gasteiger partial charge in [-0.25, -0.2) is 15.0 Å². The van der Waals surface area contributed by atoms with E-state index in [4.69, 9.17) is 16.3 Å². The summed E-state index contributed by atoms with van der Waals surface area (Å²) in [5.41, 5.74) is 4.00. The minimum atomic E-state index is -0.127. The van der Waals surface area contributed by atoms with Crippen molar-refractivity contribution in [2.75, 3.05) is 26.0 Å². The first-order valence-corrected chi connectivity index (χ1v) is 11.3. The number of nitrogens with one attached hydrogen (secondary N) is 2. The average Bonchev–Trinajstić information content (AvgIpc) is 2.88. The van der Waals surface area contributed by atoms with Crippen LogP contribution in [0.5, 0.6) is 5.88 Å². The van der Waals surface area contributed by atoms with Crippen LogP contribution in [-0.4, -0.2) is 46.5 Å². The molecule has 3 aromatic heterocycles. The number of para-hydroxylation sites is 1. The summed E-state index contributed by atoms with van der Waals surface area (Å²) in [4.78, 5) is 29.8. The average molecular weight is 477 g/mol. The van der Waals surface area contributed by atoms with Gasteiger partial charge in [0.25, 0.3) is 5.91 Å². The molecule has 0 saturated heterocycles. The maximum absolute atomic E-state index is 12.3. The fourth-order valence-electron chi connectivity index (χ4n) is 3.89. The van der Waals surface area contributed by atoms with Crippen molar-refractivity contribution in [2.24, 2.45) is 0 Å². The largest absolute Gasteiger partial charge is 0.480 e. The van der Waals surface area contributed by atoms with Crippen LogP contribution in [0.4, 0.5) is 5.82 Å². The van der Waals surface area contributed by atoms with E-state index < -0.39 is 0 Å². The maximum Gasteiger partial charge on any atom is 0.251 e. The van der Waals surface area contributed by atoms with Gasteiger partial charge in [0, 0.05) is 48.9 Å². The Labute approximate surface area is 202 Å². The number of halogens is 1. The molecule has 0 saturated carbocycles. The molecule has 0 radical (unpaired) electrons. The number of rotatable bonds is 8. The normalized spacial score (nSPS) is 11.8. The van der Waals surface area contributed by atoms with Crippen LogP contribution in [0.2, 0.25) is 5.02 Å². The summed E-state index contributed by atoms with van der Waals surface area (Å²) in [7, 11) is 3.15. The number of amides is 1. The third-order valence-corrected chi connectivity index (χ3v) is 5.97. The lowest BCUT2D eigenvalue weighted by Crippen LogP contribution is -2.18. The van der Waals surface area contributed by atoms with Crippen LogP contribution >= 0.6 is 11.6 Å². The third kappa shape index (κ3) is 4.77. The van der Waals surface area contributed by atoms with Gasteiger partial charge in [-0.15, -0.1) is 0 Å². The lowest BCUT2D eigenvalue weighted by atomic mass is 9.92. The Bertz CT molecular complexity index is 1330. The molecule has 0 fully saturated rings. The summed E-state index contributed by atoms with van der Waals surface area (Å²) in [6.07, 6.45) is 5.73. The van der Waals surface area contributed by atoms with Crippen molar-refractivity contribution >= 4 is 34.2 Å². The monoisotopic (exact) mass is 476 g/mol. The van der Waals surface area contributed by atoms with Gasteiger partial charge < -0.3 is 15.4 Å². The van der Waals surface area contributed by atoms with Gasteiger partial charge in [-0.2, -0.15) is 0 Å². The van der Waals surface area contributed by atoms with Crippen molar-refractivity contribution in [3.05, 3.63) is 71.3 Å². The van der Waals surface area contributed by atoms with Crippen molar-refractivity contribution in [3.8, 4) is 17.1 Å². The highest BCUT2D eigenvalue weighted by molar-refractivity contribution is 6.32. The van der Waals surface area contributed by atoms with Crippen LogP contribution in [0.1, 0.15) is 35.2 Å². The number of fused-ring (bicyclic) bond motifs is 1. The van der Waals surface area contributed by atoms with Gasteiger partial charge in [-0.1, -0.05) is 36.7 Å². The molecule has 4 rings (SSSR count). The molecule has 0 aliphatic heterocycles. The zero-order chi connectivity index (χ0) is 24.1. The van der Waals surface area contributed by atoms with Gasteiger partial charge in [0.05, 0.1) is 23.9 Å². The van der Waals surface area contributed by atoms with E-state index >= 15 is 0 Å². The van der Waals surface area contributed by atoms with Crippen LogP contribution in [0.15, 0.2) is 55.1 Å². The number of methoxy groups -OCH3 is 1. The topological polar surface area (TPSA) is 102 Å². The third-order valence-electron chi connectivity index (χ3n) is 5.70. The number of hydrogen-bond donors (Lipinski definition) is 2. The smallest absolute Gasteiger partial charge is 0.251 e. The molecule has 3 heterocycles. The molecule has 0 aliphatic rings. The summed E-state index contributed by atoms with van der Waals surface area (Å²) in [5, 5.41) is 7.37. The van der Waals surface area contributed by atoms with E-state index in [0.29, 0.717) is 34.5 Å². The number of carbonyl (C=O) groups excluding carboxylic acids is 1. The van der Waals surface area contributed by atoms with E-state index in [2.05, 4.69) is 43.6 Å². The van der Waals surface area contributed by atoms with Gasteiger partial charge in [-0.3, -0.25) is 9.78 Å². The lowest BCUT2D eigenvalue weighted by molar-refractivity contribution is 0.0964. The molecule has 1 atom stereocenters. The Morgan fingerprint density at radius 1 is 1.15 bits per heavy atom. The van der Waals surface area contributed by atoms with Crippen molar-refractivity contribution in [1.82, 2.24) is 25.3 Å². The van der Waals surface area contributed by atoms with E-state index in [-0.39, 0.29) is 11.8 Å². The number of aromatic nitrogens is 4. The molecule has 4 aromatic rings. The van der Waals surface area contributed by atoms with E-state index in [1.54, 1.807) is 31.6 Å². The number of pyridine rings is 2. The van der Waals surface area contributed by atoms with Gasteiger partial charge >= 0.3 is 0 Å². The van der Waals surface area contributed by atoms with Gasteiger partial charge in [-0.05, 0) is 24.1 Å². The fourth-order valence-corrected chi connectivity index (χ4v) is 4.13. The van der Waals surface area contributed by atoms with E-state index in [1.807, 2.05) is 18.2 Å². The van der Waals surface area contributed by atoms with Gasteiger partial charge in [0.1, 0.15) is 17.2 Å². The molecule has 1 amide bonds. The van der Waals surface area contributed by atoms with Crippen molar-refractivity contribution < 1.29 is 9.53 Å². The first kappa shape index (κ1) is 23.4. The van der Waals surface area contributed by atoms with Crippen molar-refractivity contribution in [2.45, 2.75) is 19.3 Å². The van der Waals surface area contributed by atoms with E-state index in [0.717, 1.165) is 28.5 Å². The Morgan fingerprint density at radius 3 is 2.74 bits per heavy atom. The first-order valence-electron chi connectivity index (χ1n) is 10.9.